The maximum Gasteiger partial charge on any atom is 0.227 e. The average molecular weight is 268 g/mol. The molecule has 0 aromatic rings. The maximum atomic E-state index is 12.1. The largest absolute Gasteiger partial charge is 0.353 e. The summed E-state index contributed by atoms with van der Waals surface area (Å²) in [4.78, 5) is 25.8. The molecule has 0 spiro atoms. The summed E-state index contributed by atoms with van der Waals surface area (Å²) in [5.74, 6) is 0.734. The monoisotopic (exact) mass is 268 g/mol. The molecule has 0 saturated carbocycles. The molecule has 110 valence electrons. The van der Waals surface area contributed by atoms with Gasteiger partial charge in [-0.1, -0.05) is 34.6 Å². The summed E-state index contributed by atoms with van der Waals surface area (Å²) in [7, 11) is 0. The van der Waals surface area contributed by atoms with Gasteiger partial charge in [0.1, 0.15) is 0 Å². The van der Waals surface area contributed by atoms with E-state index in [4.69, 9.17) is 0 Å². The average Bonchev–Trinajstić information content (AvgIpc) is 2.26. The maximum absolute atomic E-state index is 12.1. The minimum atomic E-state index is -0.312. The van der Waals surface area contributed by atoms with Crippen molar-refractivity contribution in [1.29, 1.82) is 0 Å². The molecular weight excluding hydrogens is 240 g/mol. The summed E-state index contributed by atoms with van der Waals surface area (Å²) in [6, 6.07) is 0.232. The molecule has 1 saturated heterocycles. The summed E-state index contributed by atoms with van der Waals surface area (Å²) >= 11 is 0. The first-order chi connectivity index (χ1) is 8.70. The Bertz CT molecular complexity index is 324. The van der Waals surface area contributed by atoms with Crippen molar-refractivity contribution in [3.05, 3.63) is 0 Å². The predicted octanol–water partition coefficient (Wildman–Crippen LogP) is 2.19. The van der Waals surface area contributed by atoms with Crippen LogP contribution in [0.25, 0.3) is 0 Å². The van der Waals surface area contributed by atoms with E-state index in [-0.39, 0.29) is 23.3 Å². The molecule has 1 aliphatic rings. The van der Waals surface area contributed by atoms with Gasteiger partial charge in [-0.15, -0.1) is 0 Å². The number of amides is 2. The van der Waals surface area contributed by atoms with Gasteiger partial charge in [-0.3, -0.25) is 9.59 Å². The van der Waals surface area contributed by atoms with Crippen molar-refractivity contribution in [1.82, 2.24) is 10.2 Å². The van der Waals surface area contributed by atoms with Crippen LogP contribution in [0.15, 0.2) is 0 Å². The lowest BCUT2D eigenvalue weighted by Crippen LogP contribution is -2.49. The van der Waals surface area contributed by atoms with Gasteiger partial charge in [-0.25, -0.2) is 0 Å². The SMILES string of the molecule is CC(C)CC(=O)NC1CCN(C(=O)C(C)(C)C)CC1. The Morgan fingerprint density at radius 2 is 1.74 bits per heavy atom. The van der Waals surface area contributed by atoms with E-state index < -0.39 is 0 Å². The van der Waals surface area contributed by atoms with E-state index >= 15 is 0 Å². The van der Waals surface area contributed by atoms with E-state index in [2.05, 4.69) is 5.32 Å². The van der Waals surface area contributed by atoms with Crippen molar-refractivity contribution >= 4 is 11.8 Å². The topological polar surface area (TPSA) is 49.4 Å². The Morgan fingerprint density at radius 3 is 2.16 bits per heavy atom. The fourth-order valence-electron chi connectivity index (χ4n) is 2.36. The third kappa shape index (κ3) is 5.21. The molecule has 0 aromatic carbocycles. The second kappa shape index (κ2) is 6.40. The van der Waals surface area contributed by atoms with Gasteiger partial charge in [-0.05, 0) is 18.8 Å². The zero-order valence-corrected chi connectivity index (χ0v) is 13.0. The number of piperidine rings is 1. The van der Waals surface area contributed by atoms with E-state index in [0.717, 1.165) is 25.9 Å². The Balaban J connectivity index is 2.37. The molecule has 1 heterocycles. The zero-order valence-electron chi connectivity index (χ0n) is 13.0. The van der Waals surface area contributed by atoms with Gasteiger partial charge in [0.15, 0.2) is 0 Å². The zero-order chi connectivity index (χ0) is 14.6. The summed E-state index contributed by atoms with van der Waals surface area (Å²) < 4.78 is 0. The predicted molar refractivity (Wildman–Crippen MR) is 76.7 cm³/mol. The van der Waals surface area contributed by atoms with Crippen LogP contribution in [0.2, 0.25) is 0 Å². The standard InChI is InChI=1S/C15H28N2O2/c1-11(2)10-13(18)16-12-6-8-17(9-7-12)14(19)15(3,4)5/h11-12H,6-10H2,1-5H3,(H,16,18). The Hall–Kier alpha value is -1.06. The van der Waals surface area contributed by atoms with Crippen molar-refractivity contribution in [3.8, 4) is 0 Å². The highest BCUT2D eigenvalue weighted by atomic mass is 16.2. The first-order valence-corrected chi connectivity index (χ1v) is 7.29. The van der Waals surface area contributed by atoms with Gasteiger partial charge in [-0.2, -0.15) is 0 Å². The third-order valence-electron chi connectivity index (χ3n) is 3.38. The summed E-state index contributed by atoms with van der Waals surface area (Å²) in [5, 5.41) is 3.07. The number of hydrogen-bond acceptors (Lipinski definition) is 2. The molecule has 19 heavy (non-hydrogen) atoms. The smallest absolute Gasteiger partial charge is 0.227 e. The van der Waals surface area contributed by atoms with Crippen LogP contribution in [0.4, 0.5) is 0 Å². The highest BCUT2D eigenvalue weighted by molar-refractivity contribution is 5.81. The normalized spacial score (nSPS) is 17.7. The number of likely N-dealkylation sites (tertiary alicyclic amines) is 1. The second-order valence-corrected chi connectivity index (χ2v) is 6.98. The highest BCUT2D eigenvalue weighted by Crippen LogP contribution is 2.21. The molecular formula is C15H28N2O2. The number of hydrogen-bond donors (Lipinski definition) is 1. The lowest BCUT2D eigenvalue weighted by molar-refractivity contribution is -0.140. The molecule has 0 radical (unpaired) electrons. The van der Waals surface area contributed by atoms with Crippen molar-refractivity contribution in [2.45, 2.75) is 59.9 Å². The fourth-order valence-corrected chi connectivity index (χ4v) is 2.36. The summed E-state index contributed by atoms with van der Waals surface area (Å²) in [6.07, 6.45) is 2.32. The first kappa shape index (κ1) is 16.0. The van der Waals surface area contributed by atoms with Crippen molar-refractivity contribution < 1.29 is 9.59 Å². The minimum absolute atomic E-state index is 0.135. The lowest BCUT2D eigenvalue weighted by Gasteiger charge is -2.36. The molecule has 4 nitrogen and oxygen atoms in total. The van der Waals surface area contributed by atoms with Gasteiger partial charge in [0.25, 0.3) is 0 Å². The Labute approximate surface area is 116 Å². The molecule has 0 aliphatic carbocycles. The Morgan fingerprint density at radius 1 is 1.21 bits per heavy atom. The number of rotatable bonds is 3. The van der Waals surface area contributed by atoms with Crippen LogP contribution in [0.3, 0.4) is 0 Å². The van der Waals surface area contributed by atoms with E-state index in [1.807, 2.05) is 39.5 Å². The minimum Gasteiger partial charge on any atom is -0.353 e. The molecule has 0 unspecified atom stereocenters. The molecule has 1 N–H and O–H groups in total. The van der Waals surface area contributed by atoms with Gasteiger partial charge < -0.3 is 10.2 Å². The van der Waals surface area contributed by atoms with Crippen molar-refractivity contribution in [2.75, 3.05) is 13.1 Å². The molecule has 0 aromatic heterocycles. The van der Waals surface area contributed by atoms with Crippen LogP contribution < -0.4 is 5.32 Å². The van der Waals surface area contributed by atoms with Gasteiger partial charge >= 0.3 is 0 Å². The van der Waals surface area contributed by atoms with Crippen LogP contribution >= 0.6 is 0 Å². The van der Waals surface area contributed by atoms with Gasteiger partial charge in [0.2, 0.25) is 11.8 Å². The van der Waals surface area contributed by atoms with Crippen molar-refractivity contribution in [2.24, 2.45) is 11.3 Å². The number of carbonyl (C=O) groups excluding carboxylic acids is 2. The van der Waals surface area contributed by atoms with E-state index in [0.29, 0.717) is 12.3 Å². The molecule has 2 amide bonds. The second-order valence-electron chi connectivity index (χ2n) is 6.98. The van der Waals surface area contributed by atoms with E-state index in [1.165, 1.54) is 0 Å². The summed E-state index contributed by atoms with van der Waals surface area (Å²) in [6.45, 7) is 11.4. The molecule has 0 bridgehead atoms. The van der Waals surface area contributed by atoms with Crippen LogP contribution in [-0.2, 0) is 9.59 Å². The molecule has 0 atom stereocenters. The quantitative estimate of drug-likeness (QED) is 0.853. The number of nitrogens with one attached hydrogen (secondary N) is 1. The van der Waals surface area contributed by atoms with Crippen LogP contribution in [-0.4, -0.2) is 35.8 Å². The fraction of sp³-hybridized carbons (Fsp3) is 0.867. The van der Waals surface area contributed by atoms with E-state index in [1.54, 1.807) is 0 Å². The third-order valence-corrected chi connectivity index (χ3v) is 3.38. The first-order valence-electron chi connectivity index (χ1n) is 7.29. The molecule has 1 rings (SSSR count). The lowest BCUT2D eigenvalue weighted by atomic mass is 9.93. The number of carbonyl (C=O) groups is 2. The van der Waals surface area contributed by atoms with E-state index in [9.17, 15) is 9.59 Å². The van der Waals surface area contributed by atoms with Crippen LogP contribution in [0.1, 0.15) is 53.9 Å². The highest BCUT2D eigenvalue weighted by Gasteiger charge is 2.30. The molecule has 4 heteroatoms. The Kier molecular flexibility index (Phi) is 5.39. The van der Waals surface area contributed by atoms with Crippen LogP contribution in [0.5, 0.6) is 0 Å². The van der Waals surface area contributed by atoms with Gasteiger partial charge in [0, 0.05) is 31.0 Å². The van der Waals surface area contributed by atoms with Crippen molar-refractivity contribution in [3.63, 3.8) is 0 Å². The molecule has 1 fully saturated rings. The van der Waals surface area contributed by atoms with Gasteiger partial charge in [0.05, 0.1) is 0 Å². The summed E-state index contributed by atoms with van der Waals surface area (Å²) in [5.41, 5.74) is -0.312. The van der Waals surface area contributed by atoms with Crippen LogP contribution in [0, 0.1) is 11.3 Å². The number of nitrogens with zero attached hydrogens (tertiary/aromatic N) is 1. The molecule has 1 aliphatic heterocycles.